The minimum absolute atomic E-state index is 0.0136. The van der Waals surface area contributed by atoms with E-state index in [1.54, 1.807) is 18.2 Å². The normalized spacial score (nSPS) is 11.8. The predicted molar refractivity (Wildman–Crippen MR) is 97.0 cm³/mol. The molecule has 0 radical (unpaired) electrons. The summed E-state index contributed by atoms with van der Waals surface area (Å²) in [7, 11) is 0. The average molecular weight is 397 g/mol. The van der Waals surface area contributed by atoms with Gasteiger partial charge in [-0.15, -0.1) is 0 Å². The van der Waals surface area contributed by atoms with E-state index < -0.39 is 0 Å². The average Bonchev–Trinajstić information content (AvgIpc) is 2.52. The molecule has 0 aromatic heterocycles. The SMILES string of the molecule is CC[C@@H](NC(=O)COc1ccc(Cl)cc1Br)c1ccc(C)cc1. The quantitative estimate of drug-likeness (QED) is 0.741. The number of hydrogen-bond donors (Lipinski definition) is 1. The molecule has 0 spiro atoms. The van der Waals surface area contributed by atoms with Gasteiger partial charge in [0.05, 0.1) is 10.5 Å². The molecule has 0 saturated heterocycles. The topological polar surface area (TPSA) is 38.3 Å². The second-order valence-corrected chi connectivity index (χ2v) is 6.59. The van der Waals surface area contributed by atoms with Crippen LogP contribution in [0.2, 0.25) is 5.02 Å². The first-order valence-electron chi connectivity index (χ1n) is 7.43. The lowest BCUT2D eigenvalue weighted by molar-refractivity contribution is -0.123. The van der Waals surface area contributed by atoms with Crippen molar-refractivity contribution in [2.75, 3.05) is 6.61 Å². The van der Waals surface area contributed by atoms with Crippen molar-refractivity contribution in [2.24, 2.45) is 0 Å². The molecular formula is C18H19BrClNO2. The van der Waals surface area contributed by atoms with Gasteiger partial charge in [-0.1, -0.05) is 48.4 Å². The van der Waals surface area contributed by atoms with Crippen LogP contribution in [0.4, 0.5) is 0 Å². The summed E-state index contributed by atoms with van der Waals surface area (Å²) in [5.41, 5.74) is 2.30. The lowest BCUT2D eigenvalue weighted by atomic mass is 10.0. The van der Waals surface area contributed by atoms with Crippen LogP contribution in [0.15, 0.2) is 46.9 Å². The lowest BCUT2D eigenvalue weighted by Gasteiger charge is -2.18. The number of aryl methyl sites for hydroxylation is 1. The van der Waals surface area contributed by atoms with Gasteiger partial charge in [0.25, 0.3) is 5.91 Å². The molecule has 0 aliphatic carbocycles. The maximum atomic E-state index is 12.1. The van der Waals surface area contributed by atoms with Crippen LogP contribution in [0, 0.1) is 6.92 Å². The van der Waals surface area contributed by atoms with Crippen LogP contribution in [-0.4, -0.2) is 12.5 Å². The number of carbonyl (C=O) groups is 1. The van der Waals surface area contributed by atoms with Crippen LogP contribution in [0.1, 0.15) is 30.5 Å². The van der Waals surface area contributed by atoms with E-state index >= 15 is 0 Å². The molecule has 2 aromatic rings. The minimum atomic E-state index is -0.153. The van der Waals surface area contributed by atoms with Gasteiger partial charge in [-0.05, 0) is 53.0 Å². The molecule has 1 atom stereocenters. The number of amides is 1. The summed E-state index contributed by atoms with van der Waals surface area (Å²) in [5.74, 6) is 0.437. The summed E-state index contributed by atoms with van der Waals surface area (Å²) < 4.78 is 6.26. The van der Waals surface area contributed by atoms with Crippen molar-refractivity contribution in [3.8, 4) is 5.75 Å². The number of nitrogens with one attached hydrogen (secondary N) is 1. The van der Waals surface area contributed by atoms with Crippen molar-refractivity contribution >= 4 is 33.4 Å². The van der Waals surface area contributed by atoms with Crippen LogP contribution in [-0.2, 0) is 4.79 Å². The van der Waals surface area contributed by atoms with Gasteiger partial charge in [0.1, 0.15) is 5.75 Å². The number of hydrogen-bond acceptors (Lipinski definition) is 2. The van der Waals surface area contributed by atoms with E-state index in [9.17, 15) is 4.79 Å². The Balaban J connectivity index is 1.93. The Bertz CT molecular complexity index is 673. The van der Waals surface area contributed by atoms with Crippen molar-refractivity contribution in [3.63, 3.8) is 0 Å². The molecule has 0 bridgehead atoms. The molecule has 2 rings (SSSR count). The molecule has 3 nitrogen and oxygen atoms in total. The molecule has 1 N–H and O–H groups in total. The van der Waals surface area contributed by atoms with Gasteiger partial charge in [-0.3, -0.25) is 4.79 Å². The van der Waals surface area contributed by atoms with Crippen molar-refractivity contribution in [3.05, 3.63) is 63.1 Å². The fourth-order valence-corrected chi connectivity index (χ4v) is 2.99. The van der Waals surface area contributed by atoms with Gasteiger partial charge in [0.15, 0.2) is 6.61 Å². The summed E-state index contributed by atoms with van der Waals surface area (Å²) >= 11 is 9.25. The van der Waals surface area contributed by atoms with Gasteiger partial charge < -0.3 is 10.1 Å². The zero-order valence-electron chi connectivity index (χ0n) is 13.1. The Kier molecular flexibility index (Phi) is 6.48. The summed E-state index contributed by atoms with van der Waals surface area (Å²) in [5, 5.41) is 3.61. The molecule has 2 aromatic carbocycles. The van der Waals surface area contributed by atoms with Crippen LogP contribution in [0.3, 0.4) is 0 Å². The highest BCUT2D eigenvalue weighted by atomic mass is 79.9. The Labute approximate surface area is 150 Å². The first-order valence-corrected chi connectivity index (χ1v) is 8.60. The van der Waals surface area contributed by atoms with E-state index in [1.807, 2.05) is 38.1 Å². The molecule has 0 aliphatic rings. The summed E-state index contributed by atoms with van der Waals surface area (Å²) in [4.78, 5) is 12.1. The molecular weight excluding hydrogens is 378 g/mol. The molecule has 5 heteroatoms. The maximum Gasteiger partial charge on any atom is 0.258 e. The highest BCUT2D eigenvalue weighted by Gasteiger charge is 2.13. The van der Waals surface area contributed by atoms with Gasteiger partial charge in [0, 0.05) is 5.02 Å². The third-order valence-electron chi connectivity index (χ3n) is 3.48. The van der Waals surface area contributed by atoms with Gasteiger partial charge in [0.2, 0.25) is 0 Å². The lowest BCUT2D eigenvalue weighted by Crippen LogP contribution is -2.32. The summed E-state index contributed by atoms with van der Waals surface area (Å²) in [6.07, 6.45) is 0.819. The third-order valence-corrected chi connectivity index (χ3v) is 4.33. The summed E-state index contributed by atoms with van der Waals surface area (Å²) in [6.45, 7) is 4.05. The standard InChI is InChI=1S/C18H19BrClNO2/c1-3-16(13-6-4-12(2)5-7-13)21-18(22)11-23-17-9-8-14(20)10-15(17)19/h4-10,16H,3,11H2,1-2H3,(H,21,22)/t16-/m1/s1. The monoisotopic (exact) mass is 395 g/mol. The molecule has 0 saturated carbocycles. The van der Waals surface area contributed by atoms with E-state index in [0.717, 1.165) is 16.5 Å². The van der Waals surface area contributed by atoms with Gasteiger partial charge >= 0.3 is 0 Å². The van der Waals surface area contributed by atoms with Crippen molar-refractivity contribution in [2.45, 2.75) is 26.3 Å². The highest BCUT2D eigenvalue weighted by molar-refractivity contribution is 9.10. The van der Waals surface area contributed by atoms with Crippen LogP contribution in [0.25, 0.3) is 0 Å². The number of rotatable bonds is 6. The van der Waals surface area contributed by atoms with Crippen molar-refractivity contribution in [1.82, 2.24) is 5.32 Å². The van der Waals surface area contributed by atoms with E-state index in [1.165, 1.54) is 5.56 Å². The largest absolute Gasteiger partial charge is 0.483 e. The predicted octanol–water partition coefficient (Wildman–Crippen LogP) is 5.06. The molecule has 0 unspecified atom stereocenters. The zero-order valence-corrected chi connectivity index (χ0v) is 15.4. The highest BCUT2D eigenvalue weighted by Crippen LogP contribution is 2.28. The molecule has 0 heterocycles. The molecule has 23 heavy (non-hydrogen) atoms. The van der Waals surface area contributed by atoms with Crippen molar-refractivity contribution < 1.29 is 9.53 Å². The number of halogens is 2. The van der Waals surface area contributed by atoms with Crippen LogP contribution < -0.4 is 10.1 Å². The van der Waals surface area contributed by atoms with E-state index in [-0.39, 0.29) is 18.6 Å². The Hall–Kier alpha value is -1.52. The fourth-order valence-electron chi connectivity index (χ4n) is 2.19. The molecule has 0 fully saturated rings. The second-order valence-electron chi connectivity index (χ2n) is 5.30. The Morgan fingerprint density at radius 3 is 2.57 bits per heavy atom. The number of ether oxygens (including phenoxy) is 1. The second kappa shape index (κ2) is 8.37. The van der Waals surface area contributed by atoms with Crippen LogP contribution in [0.5, 0.6) is 5.75 Å². The fraction of sp³-hybridized carbons (Fsp3) is 0.278. The molecule has 0 aliphatic heterocycles. The summed E-state index contributed by atoms with van der Waals surface area (Å²) in [6, 6.07) is 13.4. The van der Waals surface area contributed by atoms with Crippen LogP contribution >= 0.6 is 27.5 Å². The zero-order chi connectivity index (χ0) is 16.8. The number of carbonyl (C=O) groups excluding carboxylic acids is 1. The Morgan fingerprint density at radius 2 is 1.96 bits per heavy atom. The van der Waals surface area contributed by atoms with E-state index in [0.29, 0.717) is 10.8 Å². The Morgan fingerprint density at radius 1 is 1.26 bits per heavy atom. The maximum absolute atomic E-state index is 12.1. The molecule has 122 valence electrons. The smallest absolute Gasteiger partial charge is 0.258 e. The van der Waals surface area contributed by atoms with E-state index in [2.05, 4.69) is 21.2 Å². The number of benzene rings is 2. The third kappa shape index (κ3) is 5.26. The van der Waals surface area contributed by atoms with Gasteiger partial charge in [-0.2, -0.15) is 0 Å². The molecule has 1 amide bonds. The van der Waals surface area contributed by atoms with Gasteiger partial charge in [-0.25, -0.2) is 0 Å². The van der Waals surface area contributed by atoms with Crippen molar-refractivity contribution in [1.29, 1.82) is 0 Å². The van der Waals surface area contributed by atoms with E-state index in [4.69, 9.17) is 16.3 Å². The first kappa shape index (κ1) is 17.8. The minimum Gasteiger partial charge on any atom is -0.483 e. The first-order chi connectivity index (χ1) is 11.0.